The van der Waals surface area contributed by atoms with Gasteiger partial charge in [-0.25, -0.2) is 0 Å². The van der Waals surface area contributed by atoms with Gasteiger partial charge in [0.25, 0.3) is 5.91 Å². The van der Waals surface area contributed by atoms with E-state index in [2.05, 4.69) is 71.9 Å². The lowest BCUT2D eigenvalue weighted by Gasteiger charge is -2.18. The SMILES string of the molecule is CCCCc1c(C)nc(C)c(C(=O)Nc2c(CC)cccc2CC)c1I. The molecule has 0 unspecified atom stereocenters. The number of carbonyl (C=O) groups excluding carboxylic acids is 1. The normalized spacial score (nSPS) is 10.8. The number of anilines is 1. The number of amides is 1. The summed E-state index contributed by atoms with van der Waals surface area (Å²) in [4.78, 5) is 17.8. The van der Waals surface area contributed by atoms with Gasteiger partial charge in [-0.2, -0.15) is 0 Å². The Hall–Kier alpha value is -1.43. The van der Waals surface area contributed by atoms with Crippen LogP contribution in [-0.4, -0.2) is 10.9 Å². The molecule has 1 N–H and O–H groups in total. The summed E-state index contributed by atoms with van der Waals surface area (Å²) in [5, 5.41) is 3.20. The average molecular weight is 464 g/mol. The Morgan fingerprint density at radius 2 is 1.69 bits per heavy atom. The van der Waals surface area contributed by atoms with Crippen LogP contribution in [0.3, 0.4) is 0 Å². The Labute approximate surface area is 171 Å². The van der Waals surface area contributed by atoms with Gasteiger partial charge >= 0.3 is 0 Å². The third kappa shape index (κ3) is 4.45. The van der Waals surface area contributed by atoms with Gasteiger partial charge in [-0.3, -0.25) is 9.78 Å². The van der Waals surface area contributed by atoms with Gasteiger partial charge in [0, 0.05) is 15.0 Å². The van der Waals surface area contributed by atoms with Crippen molar-refractivity contribution in [3.05, 3.63) is 55.4 Å². The third-order valence-electron chi connectivity index (χ3n) is 4.86. The van der Waals surface area contributed by atoms with Crippen LogP contribution in [0, 0.1) is 17.4 Å². The first-order chi connectivity index (χ1) is 12.4. The Morgan fingerprint density at radius 1 is 1.08 bits per heavy atom. The van der Waals surface area contributed by atoms with Crippen LogP contribution >= 0.6 is 22.6 Å². The predicted octanol–water partition coefficient (Wildman–Crippen LogP) is 6.02. The van der Waals surface area contributed by atoms with E-state index >= 15 is 0 Å². The van der Waals surface area contributed by atoms with Crippen molar-refractivity contribution in [2.24, 2.45) is 0 Å². The van der Waals surface area contributed by atoms with E-state index < -0.39 is 0 Å². The molecule has 0 spiro atoms. The molecule has 0 fully saturated rings. The number of pyridine rings is 1. The van der Waals surface area contributed by atoms with Crippen molar-refractivity contribution >= 4 is 34.2 Å². The van der Waals surface area contributed by atoms with Crippen LogP contribution in [0.25, 0.3) is 0 Å². The molecule has 0 atom stereocenters. The zero-order valence-corrected chi connectivity index (χ0v) is 18.7. The maximum Gasteiger partial charge on any atom is 0.258 e. The van der Waals surface area contributed by atoms with Gasteiger partial charge in [0.15, 0.2) is 0 Å². The van der Waals surface area contributed by atoms with E-state index in [1.165, 1.54) is 16.7 Å². The number of hydrogen-bond acceptors (Lipinski definition) is 2. The number of nitrogens with one attached hydrogen (secondary N) is 1. The van der Waals surface area contributed by atoms with Crippen LogP contribution in [0.1, 0.15) is 72.0 Å². The molecule has 2 rings (SSSR count). The molecule has 3 nitrogen and oxygen atoms in total. The largest absolute Gasteiger partial charge is 0.321 e. The van der Waals surface area contributed by atoms with Gasteiger partial charge in [-0.15, -0.1) is 0 Å². The maximum atomic E-state index is 13.2. The van der Waals surface area contributed by atoms with Crippen LogP contribution in [0.4, 0.5) is 5.69 Å². The lowest BCUT2D eigenvalue weighted by Crippen LogP contribution is -2.20. The smallest absolute Gasteiger partial charge is 0.258 e. The minimum absolute atomic E-state index is 0.0484. The van der Waals surface area contributed by atoms with Crippen LogP contribution in [0.15, 0.2) is 18.2 Å². The second-order valence-corrected chi connectivity index (χ2v) is 7.74. The highest BCUT2D eigenvalue weighted by atomic mass is 127. The summed E-state index contributed by atoms with van der Waals surface area (Å²) in [5.41, 5.74) is 7.09. The lowest BCUT2D eigenvalue weighted by molar-refractivity contribution is 0.102. The molecule has 0 aliphatic heterocycles. The number of benzene rings is 1. The number of aromatic nitrogens is 1. The monoisotopic (exact) mass is 464 g/mol. The molecule has 2 aromatic rings. The predicted molar refractivity (Wildman–Crippen MR) is 118 cm³/mol. The lowest BCUT2D eigenvalue weighted by atomic mass is 10.0. The van der Waals surface area contributed by atoms with Gasteiger partial charge in [0.05, 0.1) is 11.3 Å². The first-order valence-electron chi connectivity index (χ1n) is 9.52. The van der Waals surface area contributed by atoms with Crippen molar-refractivity contribution in [3.8, 4) is 0 Å². The van der Waals surface area contributed by atoms with Crippen molar-refractivity contribution in [1.82, 2.24) is 4.98 Å². The van der Waals surface area contributed by atoms with Gasteiger partial charge in [0.2, 0.25) is 0 Å². The van der Waals surface area contributed by atoms with Gasteiger partial charge in [0.1, 0.15) is 0 Å². The number of nitrogens with zero attached hydrogens (tertiary/aromatic N) is 1. The fourth-order valence-electron chi connectivity index (χ4n) is 3.33. The molecule has 1 aromatic heterocycles. The van der Waals surface area contributed by atoms with E-state index in [1.807, 2.05) is 13.8 Å². The number of hydrogen-bond donors (Lipinski definition) is 1. The van der Waals surface area contributed by atoms with Crippen molar-refractivity contribution in [3.63, 3.8) is 0 Å². The minimum atomic E-state index is -0.0484. The highest BCUT2D eigenvalue weighted by Gasteiger charge is 2.21. The summed E-state index contributed by atoms with van der Waals surface area (Å²) >= 11 is 2.32. The Balaban J connectivity index is 2.45. The van der Waals surface area contributed by atoms with Crippen LogP contribution < -0.4 is 5.32 Å². The van der Waals surface area contributed by atoms with E-state index in [9.17, 15) is 4.79 Å². The van der Waals surface area contributed by atoms with E-state index in [1.54, 1.807) is 0 Å². The van der Waals surface area contributed by atoms with E-state index in [0.29, 0.717) is 0 Å². The quantitative estimate of drug-likeness (QED) is 0.509. The number of aryl methyl sites for hydroxylation is 4. The molecule has 0 saturated heterocycles. The zero-order chi connectivity index (χ0) is 19.3. The van der Waals surface area contributed by atoms with Crippen molar-refractivity contribution < 1.29 is 4.79 Å². The summed E-state index contributed by atoms with van der Waals surface area (Å²) < 4.78 is 1.05. The van der Waals surface area contributed by atoms with Crippen molar-refractivity contribution in [2.75, 3.05) is 5.32 Å². The topological polar surface area (TPSA) is 42.0 Å². The highest BCUT2D eigenvalue weighted by Crippen LogP contribution is 2.27. The molecule has 1 heterocycles. The molecule has 26 heavy (non-hydrogen) atoms. The van der Waals surface area contributed by atoms with Crippen molar-refractivity contribution in [1.29, 1.82) is 0 Å². The van der Waals surface area contributed by atoms with E-state index in [0.717, 1.165) is 58.3 Å². The van der Waals surface area contributed by atoms with Gasteiger partial charge in [-0.05, 0) is 78.8 Å². The number of unbranched alkanes of at least 4 members (excludes halogenated alkanes) is 1. The Bertz CT molecular complexity index is 777. The molecule has 0 aliphatic carbocycles. The van der Waals surface area contributed by atoms with Crippen LogP contribution in [0.2, 0.25) is 0 Å². The summed E-state index contributed by atoms with van der Waals surface area (Å²) in [6.45, 7) is 10.4. The van der Waals surface area contributed by atoms with E-state index in [-0.39, 0.29) is 5.91 Å². The maximum absolute atomic E-state index is 13.2. The van der Waals surface area contributed by atoms with Crippen LogP contribution in [0.5, 0.6) is 0 Å². The Kier molecular flexibility index (Phi) is 7.62. The molecule has 140 valence electrons. The number of rotatable bonds is 7. The molecule has 4 heteroatoms. The molecule has 0 aliphatic rings. The molecular weight excluding hydrogens is 435 g/mol. The summed E-state index contributed by atoms with van der Waals surface area (Å²) in [6, 6.07) is 6.25. The first-order valence-corrected chi connectivity index (χ1v) is 10.6. The Morgan fingerprint density at radius 3 is 2.23 bits per heavy atom. The fourth-order valence-corrected chi connectivity index (χ4v) is 4.63. The van der Waals surface area contributed by atoms with Gasteiger partial charge < -0.3 is 5.32 Å². The molecule has 1 amide bonds. The number of para-hydroxylation sites is 1. The highest BCUT2D eigenvalue weighted by molar-refractivity contribution is 14.1. The summed E-state index contributed by atoms with van der Waals surface area (Å²) in [7, 11) is 0. The molecule has 0 radical (unpaired) electrons. The van der Waals surface area contributed by atoms with Gasteiger partial charge in [-0.1, -0.05) is 45.4 Å². The fraction of sp³-hybridized carbons (Fsp3) is 0.455. The van der Waals surface area contributed by atoms with Crippen molar-refractivity contribution in [2.45, 2.75) is 66.7 Å². The molecule has 1 aromatic carbocycles. The minimum Gasteiger partial charge on any atom is -0.321 e. The third-order valence-corrected chi connectivity index (χ3v) is 6.05. The molecule has 0 saturated carbocycles. The summed E-state index contributed by atoms with van der Waals surface area (Å²) in [6.07, 6.45) is 5.01. The average Bonchev–Trinajstić information content (AvgIpc) is 2.61. The molecule has 0 bridgehead atoms. The molecular formula is C22H29IN2O. The zero-order valence-electron chi connectivity index (χ0n) is 16.5. The summed E-state index contributed by atoms with van der Waals surface area (Å²) in [5.74, 6) is -0.0484. The second kappa shape index (κ2) is 9.49. The number of halogens is 1. The van der Waals surface area contributed by atoms with E-state index in [4.69, 9.17) is 0 Å². The number of carbonyl (C=O) groups is 1. The second-order valence-electron chi connectivity index (χ2n) is 6.67. The first kappa shape index (κ1) is 20.9. The standard InChI is InChI=1S/C22H29IN2O/c1-6-9-13-18-14(4)24-15(5)19(20(18)23)22(26)25-21-16(7-2)11-10-12-17(21)8-3/h10-12H,6-9,13H2,1-5H3,(H,25,26). The van der Waals surface area contributed by atoms with Crippen LogP contribution in [-0.2, 0) is 19.3 Å².